The Balaban J connectivity index is 2.22. The first-order valence-corrected chi connectivity index (χ1v) is 5.01. The lowest BCUT2D eigenvalue weighted by Gasteiger charge is -2.34. The molecule has 0 fully saturated rings. The van der Waals surface area contributed by atoms with E-state index in [0.29, 0.717) is 6.54 Å². The van der Waals surface area contributed by atoms with Gasteiger partial charge in [-0.15, -0.1) is 0 Å². The Labute approximate surface area is 84.1 Å². The zero-order valence-electron chi connectivity index (χ0n) is 8.19. The zero-order chi connectivity index (χ0) is 9.97. The predicted octanol–water partition coefficient (Wildman–Crippen LogP) is 0.494. The number of nitrogens with two attached hydrogens (primary N) is 1. The van der Waals surface area contributed by atoms with Crippen LogP contribution in [0.1, 0.15) is 17.3 Å². The molecule has 1 aromatic carbocycles. The molecule has 1 unspecified atom stereocenters. The maximum atomic E-state index is 8.89. The van der Waals surface area contributed by atoms with Crippen LogP contribution in [-0.4, -0.2) is 29.7 Å². The lowest BCUT2D eigenvalue weighted by molar-refractivity contribution is 0.145. The van der Waals surface area contributed by atoms with Gasteiger partial charge in [0.15, 0.2) is 0 Å². The van der Waals surface area contributed by atoms with Gasteiger partial charge in [0, 0.05) is 13.1 Å². The first-order valence-electron chi connectivity index (χ1n) is 5.01. The number of hydrogen-bond acceptors (Lipinski definition) is 3. The van der Waals surface area contributed by atoms with Gasteiger partial charge in [-0.3, -0.25) is 4.90 Å². The molecule has 2 rings (SSSR count). The number of benzene rings is 1. The molecule has 3 N–H and O–H groups in total. The van der Waals surface area contributed by atoms with Gasteiger partial charge >= 0.3 is 0 Å². The first kappa shape index (κ1) is 9.65. The van der Waals surface area contributed by atoms with Crippen molar-refractivity contribution in [2.45, 2.75) is 12.6 Å². The van der Waals surface area contributed by atoms with Crippen molar-refractivity contribution < 1.29 is 5.11 Å². The third-order valence-electron chi connectivity index (χ3n) is 2.82. The maximum absolute atomic E-state index is 8.89. The van der Waals surface area contributed by atoms with Crippen molar-refractivity contribution in [3.05, 3.63) is 35.4 Å². The topological polar surface area (TPSA) is 49.5 Å². The van der Waals surface area contributed by atoms with Crippen LogP contribution in [0.3, 0.4) is 0 Å². The molecule has 0 spiro atoms. The third kappa shape index (κ3) is 1.66. The molecule has 0 amide bonds. The second kappa shape index (κ2) is 4.09. The number of fused-ring (bicyclic) bond motifs is 1. The number of nitrogens with zero attached hydrogens (tertiary/aromatic N) is 1. The Hall–Kier alpha value is -0.900. The minimum absolute atomic E-state index is 0.0490. The SMILES string of the molecule is NC1c2ccccc2CCN1CCO. The molecule has 1 aliphatic heterocycles. The van der Waals surface area contributed by atoms with Crippen LogP contribution in [0.15, 0.2) is 24.3 Å². The Morgan fingerprint density at radius 2 is 2.21 bits per heavy atom. The molecule has 14 heavy (non-hydrogen) atoms. The minimum atomic E-state index is -0.0490. The van der Waals surface area contributed by atoms with Gasteiger partial charge in [0.2, 0.25) is 0 Å². The maximum Gasteiger partial charge on any atom is 0.0839 e. The Bertz CT molecular complexity index is 314. The highest BCUT2D eigenvalue weighted by Crippen LogP contribution is 2.24. The Morgan fingerprint density at radius 3 is 3.00 bits per heavy atom. The largest absolute Gasteiger partial charge is 0.395 e. The lowest BCUT2D eigenvalue weighted by atomic mass is 9.97. The highest BCUT2D eigenvalue weighted by atomic mass is 16.3. The van der Waals surface area contributed by atoms with Crippen molar-refractivity contribution in [3.63, 3.8) is 0 Å². The molecule has 1 heterocycles. The van der Waals surface area contributed by atoms with E-state index < -0.39 is 0 Å². The van der Waals surface area contributed by atoms with Crippen molar-refractivity contribution in [3.8, 4) is 0 Å². The van der Waals surface area contributed by atoms with Gasteiger partial charge in [-0.25, -0.2) is 0 Å². The van der Waals surface area contributed by atoms with E-state index in [1.807, 2.05) is 12.1 Å². The van der Waals surface area contributed by atoms with Gasteiger partial charge in [-0.05, 0) is 17.5 Å². The van der Waals surface area contributed by atoms with E-state index in [1.54, 1.807) is 0 Å². The summed E-state index contributed by atoms with van der Waals surface area (Å²) in [6, 6.07) is 8.27. The molecule has 0 aromatic heterocycles. The fourth-order valence-corrected chi connectivity index (χ4v) is 2.03. The second-order valence-corrected chi connectivity index (χ2v) is 3.65. The van der Waals surface area contributed by atoms with Gasteiger partial charge in [-0.1, -0.05) is 24.3 Å². The number of hydrogen-bond donors (Lipinski definition) is 2. The van der Waals surface area contributed by atoms with E-state index in [0.717, 1.165) is 13.0 Å². The molecule has 76 valence electrons. The van der Waals surface area contributed by atoms with Crippen LogP contribution in [0.2, 0.25) is 0 Å². The number of aliphatic hydroxyl groups is 1. The summed E-state index contributed by atoms with van der Waals surface area (Å²) in [6.07, 6.45) is 0.983. The predicted molar refractivity (Wildman–Crippen MR) is 55.7 cm³/mol. The van der Waals surface area contributed by atoms with E-state index in [-0.39, 0.29) is 12.8 Å². The molecule has 0 saturated heterocycles. The molecule has 1 atom stereocenters. The average molecular weight is 192 g/mol. The van der Waals surface area contributed by atoms with Crippen LogP contribution >= 0.6 is 0 Å². The lowest BCUT2D eigenvalue weighted by Crippen LogP contribution is -2.41. The van der Waals surface area contributed by atoms with Gasteiger partial charge in [-0.2, -0.15) is 0 Å². The molecule has 0 saturated carbocycles. The zero-order valence-corrected chi connectivity index (χ0v) is 8.19. The molecule has 1 aromatic rings. The van der Waals surface area contributed by atoms with Crippen LogP contribution in [0.25, 0.3) is 0 Å². The summed E-state index contributed by atoms with van der Waals surface area (Å²) in [4.78, 5) is 2.11. The van der Waals surface area contributed by atoms with Crippen molar-refractivity contribution in [2.75, 3.05) is 19.7 Å². The van der Waals surface area contributed by atoms with Crippen molar-refractivity contribution >= 4 is 0 Å². The van der Waals surface area contributed by atoms with Crippen LogP contribution in [0.4, 0.5) is 0 Å². The normalized spacial score (nSPS) is 22.0. The standard InChI is InChI=1S/C11H16N2O/c12-11-10-4-2-1-3-9(10)5-6-13(11)7-8-14/h1-4,11,14H,5-8,12H2. The molecule has 0 aliphatic carbocycles. The number of β-amino-alcohol motifs (C(OH)–C–C–N with tert-alkyl or cyclic N) is 1. The number of aliphatic hydroxyl groups excluding tert-OH is 1. The fourth-order valence-electron chi connectivity index (χ4n) is 2.03. The van der Waals surface area contributed by atoms with Crippen molar-refractivity contribution in [2.24, 2.45) is 5.73 Å². The van der Waals surface area contributed by atoms with Gasteiger partial charge in [0.05, 0.1) is 12.8 Å². The van der Waals surface area contributed by atoms with Crippen LogP contribution in [0, 0.1) is 0 Å². The second-order valence-electron chi connectivity index (χ2n) is 3.65. The summed E-state index contributed by atoms with van der Waals surface area (Å²) in [5.74, 6) is 0. The Kier molecular flexibility index (Phi) is 2.82. The highest BCUT2D eigenvalue weighted by molar-refractivity contribution is 5.31. The third-order valence-corrected chi connectivity index (χ3v) is 2.82. The van der Waals surface area contributed by atoms with Gasteiger partial charge in [0.1, 0.15) is 0 Å². The smallest absolute Gasteiger partial charge is 0.0839 e. The van der Waals surface area contributed by atoms with Crippen LogP contribution in [0.5, 0.6) is 0 Å². The van der Waals surface area contributed by atoms with Gasteiger partial charge < -0.3 is 10.8 Å². The summed E-state index contributed by atoms with van der Waals surface area (Å²) >= 11 is 0. The van der Waals surface area contributed by atoms with E-state index in [4.69, 9.17) is 10.8 Å². The highest BCUT2D eigenvalue weighted by Gasteiger charge is 2.22. The molecule has 0 radical (unpaired) electrons. The summed E-state index contributed by atoms with van der Waals surface area (Å²) in [5, 5.41) is 8.89. The minimum Gasteiger partial charge on any atom is -0.395 e. The van der Waals surface area contributed by atoms with Crippen molar-refractivity contribution in [1.82, 2.24) is 4.90 Å². The average Bonchev–Trinajstić information content (AvgIpc) is 2.23. The quantitative estimate of drug-likeness (QED) is 0.717. The number of rotatable bonds is 2. The summed E-state index contributed by atoms with van der Waals surface area (Å²) in [7, 11) is 0. The fraction of sp³-hybridized carbons (Fsp3) is 0.455. The van der Waals surface area contributed by atoms with Gasteiger partial charge in [0.25, 0.3) is 0 Å². The van der Waals surface area contributed by atoms with Crippen LogP contribution in [-0.2, 0) is 6.42 Å². The molecule has 3 nitrogen and oxygen atoms in total. The van der Waals surface area contributed by atoms with Crippen molar-refractivity contribution in [1.29, 1.82) is 0 Å². The van der Waals surface area contributed by atoms with E-state index >= 15 is 0 Å². The van der Waals surface area contributed by atoms with Crippen LogP contribution < -0.4 is 5.73 Å². The molecular formula is C11H16N2O. The molecular weight excluding hydrogens is 176 g/mol. The molecule has 0 bridgehead atoms. The Morgan fingerprint density at radius 1 is 1.43 bits per heavy atom. The molecule has 3 heteroatoms. The first-order chi connectivity index (χ1) is 6.83. The molecule has 1 aliphatic rings. The summed E-state index contributed by atoms with van der Waals surface area (Å²) in [5.41, 5.74) is 8.63. The monoisotopic (exact) mass is 192 g/mol. The van der Waals surface area contributed by atoms with E-state index in [9.17, 15) is 0 Å². The van der Waals surface area contributed by atoms with E-state index in [2.05, 4.69) is 17.0 Å². The summed E-state index contributed by atoms with van der Waals surface area (Å²) in [6.45, 7) is 1.78. The van der Waals surface area contributed by atoms with E-state index in [1.165, 1.54) is 11.1 Å². The summed E-state index contributed by atoms with van der Waals surface area (Å²) < 4.78 is 0.